The van der Waals surface area contributed by atoms with Crippen molar-refractivity contribution < 1.29 is 5.11 Å². The number of H-pyrrole nitrogens is 1. The van der Waals surface area contributed by atoms with E-state index < -0.39 is 5.60 Å². The van der Waals surface area contributed by atoms with Crippen LogP contribution in [0.1, 0.15) is 11.4 Å². The van der Waals surface area contributed by atoms with E-state index in [1.165, 1.54) is 6.33 Å². The quantitative estimate of drug-likeness (QED) is 0.760. The SMILES string of the molecule is OC(CS)(Cc1nc[nH]n1)c1ccc(Cl)cc1Cl. The van der Waals surface area contributed by atoms with Gasteiger partial charge in [-0.25, -0.2) is 4.98 Å². The Bertz CT molecular complexity index is 535. The average molecular weight is 304 g/mol. The van der Waals surface area contributed by atoms with Gasteiger partial charge in [0.15, 0.2) is 5.82 Å². The van der Waals surface area contributed by atoms with E-state index in [2.05, 4.69) is 27.8 Å². The lowest BCUT2D eigenvalue weighted by Crippen LogP contribution is -2.31. The fourth-order valence-electron chi connectivity index (χ4n) is 1.69. The predicted molar refractivity (Wildman–Crippen MR) is 74.3 cm³/mol. The Hall–Kier alpha value is -0.750. The summed E-state index contributed by atoms with van der Waals surface area (Å²) in [5.41, 5.74) is -0.666. The van der Waals surface area contributed by atoms with Crippen LogP contribution in [0.15, 0.2) is 24.5 Å². The van der Waals surface area contributed by atoms with Gasteiger partial charge in [-0.1, -0.05) is 29.3 Å². The molecule has 1 atom stereocenters. The standard InChI is InChI=1S/C11H11Cl2N3OS/c12-7-1-2-8(9(13)3-7)11(17,5-18)4-10-14-6-15-16-10/h1-3,6,17-18H,4-5H2,(H,14,15,16). The van der Waals surface area contributed by atoms with Gasteiger partial charge >= 0.3 is 0 Å². The van der Waals surface area contributed by atoms with Crippen molar-refractivity contribution in [3.05, 3.63) is 46.0 Å². The molecule has 1 aromatic heterocycles. The second kappa shape index (κ2) is 5.48. The monoisotopic (exact) mass is 303 g/mol. The molecule has 1 unspecified atom stereocenters. The molecule has 0 radical (unpaired) electrons. The van der Waals surface area contributed by atoms with Crippen LogP contribution < -0.4 is 0 Å². The normalized spacial score (nSPS) is 14.4. The largest absolute Gasteiger partial charge is 0.384 e. The summed E-state index contributed by atoms with van der Waals surface area (Å²) in [5, 5.41) is 18.1. The number of nitrogens with one attached hydrogen (secondary N) is 1. The molecule has 0 bridgehead atoms. The maximum Gasteiger partial charge on any atom is 0.153 e. The highest BCUT2D eigenvalue weighted by Gasteiger charge is 2.31. The summed E-state index contributed by atoms with van der Waals surface area (Å²) in [7, 11) is 0. The first kappa shape index (κ1) is 13.7. The Labute approximate surface area is 120 Å². The summed E-state index contributed by atoms with van der Waals surface area (Å²) >= 11 is 16.1. The minimum absolute atomic E-state index is 0.197. The van der Waals surface area contributed by atoms with E-state index >= 15 is 0 Å². The first-order valence-electron chi connectivity index (χ1n) is 5.18. The van der Waals surface area contributed by atoms with E-state index in [-0.39, 0.29) is 12.2 Å². The Kier molecular flexibility index (Phi) is 4.17. The number of rotatable bonds is 4. The van der Waals surface area contributed by atoms with Crippen LogP contribution in [0.3, 0.4) is 0 Å². The van der Waals surface area contributed by atoms with Crippen LogP contribution in [0.2, 0.25) is 10.0 Å². The molecular weight excluding hydrogens is 293 g/mol. The number of aliphatic hydroxyl groups is 1. The molecule has 2 rings (SSSR count). The molecule has 1 aromatic carbocycles. The van der Waals surface area contributed by atoms with Crippen LogP contribution in [-0.4, -0.2) is 26.0 Å². The van der Waals surface area contributed by atoms with Crippen molar-refractivity contribution in [3.63, 3.8) is 0 Å². The van der Waals surface area contributed by atoms with Crippen molar-refractivity contribution in [2.45, 2.75) is 12.0 Å². The van der Waals surface area contributed by atoms with Crippen molar-refractivity contribution in [1.29, 1.82) is 0 Å². The number of aromatic amines is 1. The molecule has 4 nitrogen and oxygen atoms in total. The Morgan fingerprint density at radius 1 is 1.39 bits per heavy atom. The van der Waals surface area contributed by atoms with Crippen molar-refractivity contribution >= 4 is 35.8 Å². The molecule has 1 heterocycles. The summed E-state index contributed by atoms with van der Waals surface area (Å²) < 4.78 is 0. The molecule has 96 valence electrons. The molecule has 0 aliphatic carbocycles. The average Bonchev–Trinajstić information content (AvgIpc) is 2.81. The van der Waals surface area contributed by atoms with Crippen LogP contribution >= 0.6 is 35.8 Å². The fourth-order valence-corrected chi connectivity index (χ4v) is 2.55. The van der Waals surface area contributed by atoms with Gasteiger partial charge in [-0.15, -0.1) is 0 Å². The summed E-state index contributed by atoms with van der Waals surface area (Å²) in [6.07, 6.45) is 1.68. The lowest BCUT2D eigenvalue weighted by Gasteiger charge is -2.26. The summed E-state index contributed by atoms with van der Waals surface area (Å²) in [6.45, 7) is 0. The first-order chi connectivity index (χ1) is 8.55. The molecule has 0 amide bonds. The second-order valence-corrected chi connectivity index (χ2v) is 5.07. The lowest BCUT2D eigenvalue weighted by molar-refractivity contribution is 0.0613. The van der Waals surface area contributed by atoms with E-state index in [0.717, 1.165) is 0 Å². The third kappa shape index (κ3) is 2.80. The zero-order valence-electron chi connectivity index (χ0n) is 9.27. The van der Waals surface area contributed by atoms with E-state index in [1.807, 2.05) is 0 Å². The highest BCUT2D eigenvalue weighted by atomic mass is 35.5. The van der Waals surface area contributed by atoms with Gasteiger partial charge in [0.2, 0.25) is 0 Å². The Balaban J connectivity index is 2.36. The molecule has 2 N–H and O–H groups in total. The van der Waals surface area contributed by atoms with Gasteiger partial charge in [-0.3, -0.25) is 5.10 Å². The maximum absolute atomic E-state index is 10.6. The van der Waals surface area contributed by atoms with Crippen LogP contribution in [-0.2, 0) is 12.0 Å². The van der Waals surface area contributed by atoms with Gasteiger partial charge in [0.05, 0.1) is 0 Å². The number of hydrogen-bond donors (Lipinski definition) is 3. The molecule has 2 aromatic rings. The van der Waals surface area contributed by atoms with Gasteiger partial charge in [-0.2, -0.15) is 17.7 Å². The number of halogens is 2. The van der Waals surface area contributed by atoms with Gasteiger partial charge in [0.25, 0.3) is 0 Å². The van der Waals surface area contributed by atoms with Crippen molar-refractivity contribution in [1.82, 2.24) is 15.2 Å². The third-order valence-corrected chi connectivity index (χ3v) is 3.68. The molecule has 0 saturated carbocycles. The van der Waals surface area contributed by atoms with E-state index in [1.54, 1.807) is 18.2 Å². The summed E-state index contributed by atoms with van der Waals surface area (Å²) in [6, 6.07) is 4.95. The van der Waals surface area contributed by atoms with E-state index in [9.17, 15) is 5.11 Å². The summed E-state index contributed by atoms with van der Waals surface area (Å²) in [4.78, 5) is 3.99. The molecule has 0 saturated heterocycles. The highest BCUT2D eigenvalue weighted by molar-refractivity contribution is 7.80. The van der Waals surface area contributed by atoms with Crippen molar-refractivity contribution in [2.24, 2.45) is 0 Å². The molecule has 0 spiro atoms. The Morgan fingerprint density at radius 3 is 2.72 bits per heavy atom. The maximum atomic E-state index is 10.6. The van der Waals surface area contributed by atoms with E-state index in [0.29, 0.717) is 21.4 Å². The fraction of sp³-hybridized carbons (Fsp3) is 0.273. The molecule has 0 fully saturated rings. The smallest absolute Gasteiger partial charge is 0.153 e. The molecule has 0 aliphatic heterocycles. The van der Waals surface area contributed by atoms with Crippen LogP contribution in [0.25, 0.3) is 0 Å². The number of benzene rings is 1. The minimum atomic E-state index is -1.23. The van der Waals surface area contributed by atoms with Gasteiger partial charge in [0.1, 0.15) is 11.9 Å². The van der Waals surface area contributed by atoms with Gasteiger partial charge in [-0.05, 0) is 12.1 Å². The van der Waals surface area contributed by atoms with Crippen LogP contribution in [0.5, 0.6) is 0 Å². The van der Waals surface area contributed by atoms with Crippen LogP contribution in [0, 0.1) is 0 Å². The molecular formula is C11H11Cl2N3OS. The molecule has 7 heteroatoms. The summed E-state index contributed by atoms with van der Waals surface area (Å²) in [5.74, 6) is 0.695. The van der Waals surface area contributed by atoms with E-state index in [4.69, 9.17) is 23.2 Å². The predicted octanol–water partition coefficient (Wildman–Crippen LogP) is 2.47. The first-order valence-corrected chi connectivity index (χ1v) is 6.57. The topological polar surface area (TPSA) is 61.8 Å². The highest BCUT2D eigenvalue weighted by Crippen LogP contribution is 2.33. The Morgan fingerprint density at radius 2 is 2.17 bits per heavy atom. The minimum Gasteiger partial charge on any atom is -0.384 e. The number of nitrogens with zero attached hydrogens (tertiary/aromatic N) is 2. The van der Waals surface area contributed by atoms with Crippen molar-refractivity contribution in [2.75, 3.05) is 5.75 Å². The molecule has 0 aliphatic rings. The zero-order chi connectivity index (χ0) is 13.2. The molecule has 18 heavy (non-hydrogen) atoms. The second-order valence-electron chi connectivity index (χ2n) is 3.91. The number of hydrogen-bond acceptors (Lipinski definition) is 4. The number of thiol groups is 1. The zero-order valence-corrected chi connectivity index (χ0v) is 11.7. The van der Waals surface area contributed by atoms with Crippen molar-refractivity contribution in [3.8, 4) is 0 Å². The lowest BCUT2D eigenvalue weighted by atomic mass is 9.92. The van der Waals surface area contributed by atoms with Crippen LogP contribution in [0.4, 0.5) is 0 Å². The van der Waals surface area contributed by atoms with Gasteiger partial charge in [0, 0.05) is 27.8 Å². The van der Waals surface area contributed by atoms with Gasteiger partial charge < -0.3 is 5.11 Å². The number of aromatic nitrogens is 3. The third-order valence-electron chi connectivity index (χ3n) is 2.61.